The Morgan fingerprint density at radius 2 is 1.80 bits per heavy atom. The van der Waals surface area contributed by atoms with Crippen LogP contribution in [0, 0.1) is 3.57 Å². The predicted molar refractivity (Wildman–Crippen MR) is 94.1 cm³/mol. The van der Waals surface area contributed by atoms with Gasteiger partial charge in [0, 0.05) is 25.7 Å². The lowest BCUT2D eigenvalue weighted by atomic mass is 10.1. The quantitative estimate of drug-likeness (QED) is 0.622. The molecule has 0 aliphatic rings. The highest BCUT2D eigenvalue weighted by Gasteiger charge is 2.12. The smallest absolute Gasteiger partial charge is 0.0977 e. The number of benzene rings is 2. The summed E-state index contributed by atoms with van der Waals surface area (Å²) in [6, 6.07) is 10.7. The molecule has 0 saturated carbocycles. The van der Waals surface area contributed by atoms with Crippen LogP contribution in [0.3, 0.4) is 0 Å². The van der Waals surface area contributed by atoms with E-state index in [1.807, 2.05) is 18.2 Å². The van der Waals surface area contributed by atoms with E-state index in [1.165, 1.54) is 0 Å². The highest BCUT2D eigenvalue weighted by molar-refractivity contribution is 14.1. The molecule has 0 bridgehead atoms. The zero-order valence-electron chi connectivity index (χ0n) is 10.2. The van der Waals surface area contributed by atoms with E-state index in [-0.39, 0.29) is 0 Å². The van der Waals surface area contributed by atoms with Crippen molar-refractivity contribution < 1.29 is 5.11 Å². The monoisotopic (exact) mass is 441 g/mol. The summed E-state index contributed by atoms with van der Waals surface area (Å²) in [6.45, 7) is 0.292. The van der Waals surface area contributed by atoms with Gasteiger partial charge in [-0.25, -0.2) is 0 Å². The molecule has 0 fully saturated rings. The molecule has 0 aliphatic carbocycles. The minimum absolute atomic E-state index is 0.292. The van der Waals surface area contributed by atoms with Gasteiger partial charge in [0.15, 0.2) is 0 Å². The van der Waals surface area contributed by atoms with Crippen molar-refractivity contribution in [2.24, 2.45) is 0 Å². The lowest BCUT2D eigenvalue weighted by Crippen LogP contribution is -2.12. The molecule has 2 nitrogen and oxygen atoms in total. The van der Waals surface area contributed by atoms with Gasteiger partial charge < -0.3 is 10.4 Å². The third kappa shape index (κ3) is 4.15. The number of halogens is 4. The van der Waals surface area contributed by atoms with Crippen molar-refractivity contribution in [2.75, 3.05) is 11.9 Å². The number of anilines is 1. The van der Waals surface area contributed by atoms with Gasteiger partial charge in [-0.05, 0) is 59.0 Å². The topological polar surface area (TPSA) is 32.3 Å². The van der Waals surface area contributed by atoms with Crippen LogP contribution in [0.2, 0.25) is 15.1 Å². The molecule has 0 radical (unpaired) electrons. The number of aliphatic hydroxyl groups excluding tert-OH is 1. The van der Waals surface area contributed by atoms with E-state index >= 15 is 0 Å². The Morgan fingerprint density at radius 1 is 1.05 bits per heavy atom. The third-order valence-corrected chi connectivity index (χ3v) is 4.30. The Morgan fingerprint density at radius 3 is 2.50 bits per heavy atom. The minimum atomic E-state index is -0.767. The normalized spacial score (nSPS) is 12.2. The maximum atomic E-state index is 10.2. The van der Waals surface area contributed by atoms with Crippen molar-refractivity contribution in [3.8, 4) is 0 Å². The highest BCUT2D eigenvalue weighted by Crippen LogP contribution is 2.28. The second-order valence-corrected chi connectivity index (χ2v) is 6.68. The number of nitrogens with one attached hydrogen (secondary N) is 1. The summed E-state index contributed by atoms with van der Waals surface area (Å²) in [6.07, 6.45) is -0.767. The van der Waals surface area contributed by atoms with E-state index in [0.29, 0.717) is 27.2 Å². The Labute approximate surface area is 146 Å². The van der Waals surface area contributed by atoms with Gasteiger partial charge >= 0.3 is 0 Å². The zero-order valence-corrected chi connectivity index (χ0v) is 14.6. The van der Waals surface area contributed by atoms with Crippen molar-refractivity contribution in [1.29, 1.82) is 0 Å². The molecular weight excluding hydrogens is 431 g/mol. The Balaban J connectivity index is 2.08. The van der Waals surface area contributed by atoms with Gasteiger partial charge in [0.2, 0.25) is 0 Å². The zero-order chi connectivity index (χ0) is 14.7. The second-order valence-electron chi connectivity index (χ2n) is 4.19. The van der Waals surface area contributed by atoms with Gasteiger partial charge in [0.25, 0.3) is 0 Å². The van der Waals surface area contributed by atoms with Crippen molar-refractivity contribution in [2.45, 2.75) is 6.10 Å². The maximum Gasteiger partial charge on any atom is 0.0977 e. The molecule has 6 heteroatoms. The van der Waals surface area contributed by atoms with Crippen molar-refractivity contribution >= 4 is 63.1 Å². The van der Waals surface area contributed by atoms with E-state index in [0.717, 1.165) is 9.26 Å². The number of aliphatic hydroxyl groups is 1. The van der Waals surface area contributed by atoms with E-state index in [9.17, 15) is 5.11 Å². The first-order chi connectivity index (χ1) is 9.47. The molecule has 106 valence electrons. The maximum absolute atomic E-state index is 10.2. The molecule has 0 aromatic heterocycles. The summed E-state index contributed by atoms with van der Waals surface area (Å²) < 4.78 is 1.05. The predicted octanol–water partition coefficient (Wildman–Crippen LogP) is 5.40. The van der Waals surface area contributed by atoms with Gasteiger partial charge in [-0.15, -0.1) is 0 Å². The lowest BCUT2D eigenvalue weighted by molar-refractivity contribution is 0.192. The molecule has 2 N–H and O–H groups in total. The molecule has 0 heterocycles. The van der Waals surface area contributed by atoms with E-state index < -0.39 is 6.10 Å². The molecule has 1 unspecified atom stereocenters. The highest BCUT2D eigenvalue weighted by atomic mass is 127. The Hall–Kier alpha value is -0.200. The number of hydrogen-bond acceptors (Lipinski definition) is 2. The third-order valence-electron chi connectivity index (χ3n) is 2.73. The first-order valence-corrected chi connectivity index (χ1v) is 8.00. The van der Waals surface area contributed by atoms with Crippen molar-refractivity contribution in [3.63, 3.8) is 0 Å². The van der Waals surface area contributed by atoms with Crippen LogP contribution in [-0.4, -0.2) is 11.7 Å². The van der Waals surface area contributed by atoms with Crippen LogP contribution in [0.25, 0.3) is 0 Å². The Kier molecular flexibility index (Phi) is 5.81. The van der Waals surface area contributed by atoms with Crippen LogP contribution < -0.4 is 5.32 Å². The van der Waals surface area contributed by atoms with Crippen LogP contribution in [-0.2, 0) is 0 Å². The molecule has 0 spiro atoms. The molecule has 2 aromatic carbocycles. The summed E-state index contributed by atoms with van der Waals surface area (Å²) in [5.41, 5.74) is 1.36. The van der Waals surface area contributed by atoms with Crippen LogP contribution >= 0.6 is 57.4 Å². The molecule has 0 aliphatic heterocycles. The molecule has 0 saturated heterocycles. The molecule has 2 aromatic rings. The lowest BCUT2D eigenvalue weighted by Gasteiger charge is -2.15. The van der Waals surface area contributed by atoms with Crippen LogP contribution in [0.4, 0.5) is 5.69 Å². The minimum Gasteiger partial charge on any atom is -0.387 e. The van der Waals surface area contributed by atoms with Gasteiger partial charge in [0.05, 0.1) is 16.8 Å². The average molecular weight is 443 g/mol. The fourth-order valence-corrected chi connectivity index (χ4v) is 3.07. The summed E-state index contributed by atoms with van der Waals surface area (Å²) in [7, 11) is 0. The summed E-state index contributed by atoms with van der Waals surface area (Å²) >= 11 is 20.3. The van der Waals surface area contributed by atoms with Gasteiger partial charge in [-0.3, -0.25) is 0 Å². The molecule has 1 atom stereocenters. The molecule has 0 amide bonds. The summed E-state index contributed by atoms with van der Waals surface area (Å²) in [4.78, 5) is 0. The van der Waals surface area contributed by atoms with Crippen LogP contribution in [0.15, 0.2) is 36.4 Å². The molecule has 20 heavy (non-hydrogen) atoms. The molecule has 2 rings (SSSR count). The average Bonchev–Trinajstić information content (AvgIpc) is 2.40. The first kappa shape index (κ1) is 16.2. The number of hydrogen-bond donors (Lipinski definition) is 2. The number of rotatable bonds is 4. The SMILES string of the molecule is OC(CNc1ccc(I)cc1Cl)c1cc(Cl)ccc1Cl. The molecular formula is C14H11Cl3INO. The first-order valence-electron chi connectivity index (χ1n) is 5.79. The summed E-state index contributed by atoms with van der Waals surface area (Å²) in [5, 5.41) is 14.9. The van der Waals surface area contributed by atoms with Gasteiger partial charge in [0.1, 0.15) is 0 Å². The fourth-order valence-electron chi connectivity index (χ4n) is 1.72. The second kappa shape index (κ2) is 7.18. The Bertz CT molecular complexity index is 621. The van der Waals surface area contributed by atoms with Crippen molar-refractivity contribution in [3.05, 3.63) is 60.6 Å². The van der Waals surface area contributed by atoms with Crippen LogP contribution in [0.1, 0.15) is 11.7 Å². The standard InChI is InChI=1S/C14H11Cl3INO/c15-8-1-3-11(16)10(5-8)14(20)7-19-13-4-2-9(18)6-12(13)17/h1-6,14,19-20H,7H2. The van der Waals surface area contributed by atoms with Gasteiger partial charge in [-0.1, -0.05) is 34.8 Å². The van der Waals surface area contributed by atoms with Crippen LogP contribution in [0.5, 0.6) is 0 Å². The van der Waals surface area contributed by atoms with E-state index in [2.05, 4.69) is 27.9 Å². The van der Waals surface area contributed by atoms with E-state index in [1.54, 1.807) is 18.2 Å². The van der Waals surface area contributed by atoms with Gasteiger partial charge in [-0.2, -0.15) is 0 Å². The van der Waals surface area contributed by atoms with Crippen molar-refractivity contribution in [1.82, 2.24) is 0 Å². The largest absolute Gasteiger partial charge is 0.387 e. The summed E-state index contributed by atoms with van der Waals surface area (Å²) in [5.74, 6) is 0. The fraction of sp³-hybridized carbons (Fsp3) is 0.143. The van der Waals surface area contributed by atoms with E-state index in [4.69, 9.17) is 34.8 Å².